The van der Waals surface area contributed by atoms with Crippen LogP contribution in [0.5, 0.6) is 0 Å². The third kappa shape index (κ3) is 2.79. The lowest BCUT2D eigenvalue weighted by atomic mass is 9.63. The number of benzene rings is 1. The van der Waals surface area contributed by atoms with Crippen LogP contribution in [-0.4, -0.2) is 35.8 Å². The number of allylic oxidation sites excluding steroid dienone is 2. The molecule has 0 spiro atoms. The van der Waals surface area contributed by atoms with Crippen LogP contribution in [0, 0.1) is 30.6 Å². The molecule has 0 aromatic heterocycles. The maximum absolute atomic E-state index is 12.7. The summed E-state index contributed by atoms with van der Waals surface area (Å²) in [6.07, 6.45) is 6.20. The highest BCUT2D eigenvalue weighted by atomic mass is 16.2. The molecule has 1 aromatic carbocycles. The third-order valence-corrected chi connectivity index (χ3v) is 5.86. The summed E-state index contributed by atoms with van der Waals surface area (Å²) >= 11 is 0. The average molecular weight is 353 g/mol. The van der Waals surface area contributed by atoms with Crippen LogP contribution in [0.3, 0.4) is 0 Å². The first-order chi connectivity index (χ1) is 12.6. The van der Waals surface area contributed by atoms with Crippen molar-refractivity contribution in [1.29, 1.82) is 0 Å². The molecule has 136 valence electrons. The maximum atomic E-state index is 12.7. The molecule has 4 atom stereocenters. The number of likely N-dealkylation sites (tertiary alicyclic amines) is 1. The summed E-state index contributed by atoms with van der Waals surface area (Å²) < 4.78 is 0. The van der Waals surface area contributed by atoms with Crippen molar-refractivity contribution in [2.24, 2.45) is 23.7 Å². The Kier molecular flexibility index (Phi) is 4.26. The molecule has 3 aliphatic carbocycles. The molecule has 26 heavy (non-hydrogen) atoms. The van der Waals surface area contributed by atoms with Crippen molar-refractivity contribution in [3.8, 4) is 0 Å². The standard InChI is InChI=1S/C20H23N3O3/c1-12-4-2-3-5-15(12)22-20(26)21-10-11-23-18(24)16-13-6-7-14(9-8-13)17(16)19(23)25/h2-7,13-14,16-17H,8-11H2,1H3,(H2,21,22,26)/t13-,14-,16+,17+/m0/s1. The van der Waals surface area contributed by atoms with E-state index < -0.39 is 0 Å². The van der Waals surface area contributed by atoms with Crippen LogP contribution >= 0.6 is 0 Å². The Labute approximate surface area is 152 Å². The second kappa shape index (κ2) is 6.59. The Morgan fingerprint density at radius 1 is 1.08 bits per heavy atom. The Bertz CT molecular complexity index is 756. The molecule has 0 unspecified atom stereocenters. The van der Waals surface area contributed by atoms with E-state index in [9.17, 15) is 14.4 Å². The summed E-state index contributed by atoms with van der Waals surface area (Å²) in [6.45, 7) is 2.39. The number of fused-ring (bicyclic) bond motifs is 1. The molecule has 2 bridgehead atoms. The van der Waals surface area contributed by atoms with Crippen molar-refractivity contribution >= 4 is 23.5 Å². The Balaban J connectivity index is 1.33. The number of hydrogen-bond donors (Lipinski definition) is 2. The van der Waals surface area contributed by atoms with Gasteiger partial charge in [0.1, 0.15) is 0 Å². The number of rotatable bonds is 4. The third-order valence-electron chi connectivity index (χ3n) is 5.86. The number of aryl methyl sites for hydroxylation is 1. The van der Waals surface area contributed by atoms with E-state index in [1.54, 1.807) is 0 Å². The fourth-order valence-electron chi connectivity index (χ4n) is 4.52. The summed E-state index contributed by atoms with van der Waals surface area (Å²) in [5.74, 6) is -0.119. The Hall–Kier alpha value is -2.63. The molecule has 1 saturated carbocycles. The van der Waals surface area contributed by atoms with Gasteiger partial charge in [-0.15, -0.1) is 0 Å². The Morgan fingerprint density at radius 2 is 1.69 bits per heavy atom. The van der Waals surface area contributed by atoms with Crippen LogP contribution in [0.15, 0.2) is 36.4 Å². The van der Waals surface area contributed by atoms with Gasteiger partial charge in [-0.3, -0.25) is 14.5 Å². The molecular formula is C20H23N3O3. The molecule has 4 aliphatic rings. The van der Waals surface area contributed by atoms with Crippen molar-refractivity contribution in [2.75, 3.05) is 18.4 Å². The zero-order valence-electron chi connectivity index (χ0n) is 14.8. The van der Waals surface area contributed by atoms with Crippen LogP contribution in [0.1, 0.15) is 18.4 Å². The van der Waals surface area contributed by atoms with E-state index in [0.29, 0.717) is 0 Å². The molecule has 2 N–H and O–H groups in total. The minimum Gasteiger partial charge on any atom is -0.336 e. The fraction of sp³-hybridized carbons (Fsp3) is 0.450. The average Bonchev–Trinajstić information content (AvgIpc) is 2.92. The molecular weight excluding hydrogens is 330 g/mol. The lowest BCUT2D eigenvalue weighted by Crippen LogP contribution is -2.40. The van der Waals surface area contributed by atoms with Gasteiger partial charge in [0.2, 0.25) is 11.8 Å². The monoisotopic (exact) mass is 353 g/mol. The molecule has 6 nitrogen and oxygen atoms in total. The molecule has 1 heterocycles. The quantitative estimate of drug-likeness (QED) is 0.644. The minimum absolute atomic E-state index is 0.0693. The van der Waals surface area contributed by atoms with E-state index in [-0.39, 0.29) is 54.6 Å². The van der Waals surface area contributed by atoms with Crippen molar-refractivity contribution in [1.82, 2.24) is 10.2 Å². The SMILES string of the molecule is Cc1ccccc1NC(=O)NCCN1C(=O)[C@H]2[C@H](C1=O)[C@H]1C=C[C@H]2CC1. The predicted octanol–water partition coefficient (Wildman–Crippen LogP) is 2.31. The molecule has 5 rings (SSSR count). The normalized spacial score (nSPS) is 29.0. The fourth-order valence-corrected chi connectivity index (χ4v) is 4.52. The topological polar surface area (TPSA) is 78.5 Å². The second-order valence-electron chi connectivity index (χ2n) is 7.37. The lowest BCUT2D eigenvalue weighted by molar-refractivity contribution is -0.140. The van der Waals surface area contributed by atoms with E-state index in [2.05, 4.69) is 22.8 Å². The van der Waals surface area contributed by atoms with Crippen LogP contribution in [0.25, 0.3) is 0 Å². The molecule has 4 amide bonds. The summed E-state index contributed by atoms with van der Waals surface area (Å²) in [4.78, 5) is 38.8. The van der Waals surface area contributed by atoms with E-state index in [1.165, 1.54) is 4.90 Å². The molecule has 6 heteroatoms. The van der Waals surface area contributed by atoms with E-state index in [1.807, 2.05) is 31.2 Å². The molecule has 0 radical (unpaired) electrons. The second-order valence-corrected chi connectivity index (χ2v) is 7.37. The molecule has 1 saturated heterocycles. The summed E-state index contributed by atoms with van der Waals surface area (Å²) in [5, 5.41) is 5.52. The number of hydrogen-bond acceptors (Lipinski definition) is 3. The highest BCUT2D eigenvalue weighted by molar-refractivity contribution is 6.06. The van der Waals surface area contributed by atoms with Crippen LogP contribution in [0.4, 0.5) is 10.5 Å². The lowest BCUT2D eigenvalue weighted by Gasteiger charge is -2.38. The number of imide groups is 1. The first kappa shape index (κ1) is 16.8. The maximum Gasteiger partial charge on any atom is 0.319 e. The van der Waals surface area contributed by atoms with Gasteiger partial charge in [-0.05, 0) is 43.2 Å². The number of nitrogens with zero attached hydrogens (tertiary/aromatic N) is 1. The smallest absolute Gasteiger partial charge is 0.319 e. The summed E-state index contributed by atoms with van der Waals surface area (Å²) in [5.41, 5.74) is 1.71. The van der Waals surface area contributed by atoms with Gasteiger partial charge in [0.25, 0.3) is 0 Å². The van der Waals surface area contributed by atoms with Gasteiger partial charge in [0, 0.05) is 18.8 Å². The van der Waals surface area contributed by atoms with Gasteiger partial charge in [0.05, 0.1) is 11.8 Å². The highest BCUT2D eigenvalue weighted by Gasteiger charge is 2.56. The zero-order chi connectivity index (χ0) is 18.3. The first-order valence-electron chi connectivity index (χ1n) is 9.20. The highest BCUT2D eigenvalue weighted by Crippen LogP contribution is 2.49. The van der Waals surface area contributed by atoms with E-state index >= 15 is 0 Å². The Morgan fingerprint density at radius 3 is 2.27 bits per heavy atom. The van der Waals surface area contributed by atoms with Gasteiger partial charge < -0.3 is 10.6 Å². The van der Waals surface area contributed by atoms with E-state index in [4.69, 9.17) is 0 Å². The molecule has 1 aromatic rings. The molecule has 1 aliphatic heterocycles. The van der Waals surface area contributed by atoms with Gasteiger partial charge in [-0.25, -0.2) is 4.79 Å². The van der Waals surface area contributed by atoms with Crippen molar-refractivity contribution in [3.63, 3.8) is 0 Å². The van der Waals surface area contributed by atoms with Crippen molar-refractivity contribution < 1.29 is 14.4 Å². The van der Waals surface area contributed by atoms with Gasteiger partial charge in [0.15, 0.2) is 0 Å². The van der Waals surface area contributed by atoms with Crippen LogP contribution in [0.2, 0.25) is 0 Å². The first-order valence-corrected chi connectivity index (χ1v) is 9.20. The number of carbonyl (C=O) groups is 3. The zero-order valence-corrected chi connectivity index (χ0v) is 14.8. The number of urea groups is 1. The number of para-hydroxylation sites is 1. The van der Waals surface area contributed by atoms with Crippen LogP contribution in [-0.2, 0) is 9.59 Å². The predicted molar refractivity (Wildman–Crippen MR) is 97.3 cm³/mol. The van der Waals surface area contributed by atoms with Gasteiger partial charge in [-0.1, -0.05) is 30.4 Å². The number of carbonyl (C=O) groups excluding carboxylic acids is 3. The van der Waals surface area contributed by atoms with Gasteiger partial charge >= 0.3 is 6.03 Å². The number of amides is 4. The number of nitrogens with one attached hydrogen (secondary N) is 2. The van der Waals surface area contributed by atoms with E-state index in [0.717, 1.165) is 24.1 Å². The number of anilines is 1. The van der Waals surface area contributed by atoms with Crippen molar-refractivity contribution in [3.05, 3.63) is 42.0 Å². The summed E-state index contributed by atoms with van der Waals surface area (Å²) in [7, 11) is 0. The van der Waals surface area contributed by atoms with Crippen LogP contribution < -0.4 is 10.6 Å². The minimum atomic E-state index is -0.336. The summed E-state index contributed by atoms with van der Waals surface area (Å²) in [6, 6.07) is 7.17. The largest absolute Gasteiger partial charge is 0.336 e. The van der Waals surface area contributed by atoms with Gasteiger partial charge in [-0.2, -0.15) is 0 Å². The molecule has 2 fully saturated rings. The van der Waals surface area contributed by atoms with Crippen molar-refractivity contribution in [2.45, 2.75) is 19.8 Å².